The van der Waals surface area contributed by atoms with E-state index < -0.39 is 0 Å². The standard InChI is InChI=1S/C11H21N5O/c1-4-9(6-12)5-10(17)14-8(2)11-15-13-7-16(11)3/h7-9H,4-6,12H2,1-3H3,(H,14,17). The molecule has 0 aliphatic rings. The number of aryl methyl sites for hydroxylation is 1. The summed E-state index contributed by atoms with van der Waals surface area (Å²) in [5, 5.41) is 10.7. The molecule has 0 bridgehead atoms. The lowest BCUT2D eigenvalue weighted by Gasteiger charge is -2.16. The Labute approximate surface area is 102 Å². The Balaban J connectivity index is 2.49. The van der Waals surface area contributed by atoms with Crippen LogP contribution in [0.5, 0.6) is 0 Å². The van der Waals surface area contributed by atoms with Gasteiger partial charge < -0.3 is 15.6 Å². The molecule has 0 radical (unpaired) electrons. The Hall–Kier alpha value is -1.43. The molecule has 2 atom stereocenters. The second-order valence-corrected chi connectivity index (χ2v) is 4.30. The lowest BCUT2D eigenvalue weighted by Crippen LogP contribution is -2.31. The van der Waals surface area contributed by atoms with E-state index in [9.17, 15) is 4.79 Å². The third kappa shape index (κ3) is 3.81. The van der Waals surface area contributed by atoms with Crippen molar-refractivity contribution in [1.82, 2.24) is 20.1 Å². The first kappa shape index (κ1) is 13.6. The molecule has 0 fully saturated rings. The predicted octanol–water partition coefficient (Wildman–Crippen LogP) is 0.367. The average Bonchev–Trinajstić information content (AvgIpc) is 2.72. The van der Waals surface area contributed by atoms with Gasteiger partial charge >= 0.3 is 0 Å². The zero-order valence-corrected chi connectivity index (χ0v) is 10.7. The van der Waals surface area contributed by atoms with Crippen molar-refractivity contribution >= 4 is 5.91 Å². The third-order valence-corrected chi connectivity index (χ3v) is 2.90. The summed E-state index contributed by atoms with van der Waals surface area (Å²) in [6, 6.07) is -0.134. The smallest absolute Gasteiger partial charge is 0.220 e. The van der Waals surface area contributed by atoms with E-state index in [1.807, 2.05) is 20.9 Å². The largest absolute Gasteiger partial charge is 0.346 e. The lowest BCUT2D eigenvalue weighted by atomic mass is 10.0. The molecular formula is C11H21N5O. The third-order valence-electron chi connectivity index (χ3n) is 2.90. The molecule has 3 N–H and O–H groups in total. The minimum Gasteiger partial charge on any atom is -0.346 e. The fourth-order valence-corrected chi connectivity index (χ4v) is 1.71. The van der Waals surface area contributed by atoms with Gasteiger partial charge in [-0.1, -0.05) is 13.3 Å². The fraction of sp³-hybridized carbons (Fsp3) is 0.727. The van der Waals surface area contributed by atoms with Crippen molar-refractivity contribution in [1.29, 1.82) is 0 Å². The molecule has 0 aliphatic heterocycles. The molecule has 1 amide bonds. The maximum atomic E-state index is 11.8. The molecule has 0 saturated carbocycles. The van der Waals surface area contributed by atoms with Gasteiger partial charge in [0.15, 0.2) is 5.82 Å². The van der Waals surface area contributed by atoms with Gasteiger partial charge in [0, 0.05) is 13.5 Å². The van der Waals surface area contributed by atoms with Gasteiger partial charge in [0.1, 0.15) is 6.33 Å². The molecule has 0 aliphatic carbocycles. The number of nitrogens with zero attached hydrogens (tertiary/aromatic N) is 3. The molecule has 1 aromatic heterocycles. The molecule has 1 heterocycles. The summed E-state index contributed by atoms with van der Waals surface area (Å²) < 4.78 is 1.80. The van der Waals surface area contributed by atoms with E-state index in [0.29, 0.717) is 13.0 Å². The normalized spacial score (nSPS) is 14.4. The van der Waals surface area contributed by atoms with Crippen LogP contribution in [0.2, 0.25) is 0 Å². The van der Waals surface area contributed by atoms with Crippen molar-refractivity contribution in [2.24, 2.45) is 18.7 Å². The number of aromatic nitrogens is 3. The van der Waals surface area contributed by atoms with Gasteiger partial charge in [-0.25, -0.2) is 0 Å². The Kier molecular flexibility index (Phi) is 5.09. The van der Waals surface area contributed by atoms with Crippen LogP contribution in [0.15, 0.2) is 6.33 Å². The van der Waals surface area contributed by atoms with Crippen molar-refractivity contribution in [3.63, 3.8) is 0 Å². The summed E-state index contributed by atoms with van der Waals surface area (Å²) in [7, 11) is 1.85. The first-order valence-corrected chi connectivity index (χ1v) is 5.91. The van der Waals surface area contributed by atoms with E-state index >= 15 is 0 Å². The number of hydrogen-bond acceptors (Lipinski definition) is 4. The highest BCUT2D eigenvalue weighted by Crippen LogP contribution is 2.10. The molecule has 6 heteroatoms. The van der Waals surface area contributed by atoms with E-state index in [4.69, 9.17) is 5.73 Å². The molecule has 6 nitrogen and oxygen atoms in total. The van der Waals surface area contributed by atoms with Crippen molar-refractivity contribution in [2.45, 2.75) is 32.7 Å². The van der Waals surface area contributed by atoms with E-state index in [0.717, 1.165) is 12.2 Å². The van der Waals surface area contributed by atoms with Gasteiger partial charge in [0.2, 0.25) is 5.91 Å². The lowest BCUT2D eigenvalue weighted by molar-refractivity contribution is -0.122. The number of rotatable bonds is 6. The number of hydrogen-bond donors (Lipinski definition) is 2. The second kappa shape index (κ2) is 6.34. The Bertz CT molecular complexity index is 358. The summed E-state index contributed by atoms with van der Waals surface area (Å²) >= 11 is 0. The van der Waals surface area contributed by atoms with E-state index in [2.05, 4.69) is 15.5 Å². The number of nitrogens with one attached hydrogen (secondary N) is 1. The summed E-state index contributed by atoms with van der Waals surface area (Å²) in [5.41, 5.74) is 5.57. The van der Waals surface area contributed by atoms with Gasteiger partial charge in [0.05, 0.1) is 6.04 Å². The molecule has 96 valence electrons. The molecule has 2 unspecified atom stereocenters. The number of carbonyl (C=O) groups excluding carboxylic acids is 1. The predicted molar refractivity (Wildman–Crippen MR) is 65.0 cm³/mol. The van der Waals surface area contributed by atoms with E-state index in [1.54, 1.807) is 10.9 Å². The average molecular weight is 239 g/mol. The van der Waals surface area contributed by atoms with Crippen LogP contribution in [0, 0.1) is 5.92 Å². The van der Waals surface area contributed by atoms with Crippen LogP contribution in [0.1, 0.15) is 38.6 Å². The molecule has 0 spiro atoms. The Morgan fingerprint density at radius 1 is 1.65 bits per heavy atom. The van der Waals surface area contributed by atoms with Crippen LogP contribution in [0.4, 0.5) is 0 Å². The minimum absolute atomic E-state index is 0.0119. The summed E-state index contributed by atoms with van der Waals surface area (Å²) in [6.45, 7) is 4.48. The van der Waals surface area contributed by atoms with Crippen LogP contribution >= 0.6 is 0 Å². The maximum absolute atomic E-state index is 11.8. The maximum Gasteiger partial charge on any atom is 0.220 e. The molecule has 0 saturated heterocycles. The van der Waals surface area contributed by atoms with Crippen LogP contribution in [-0.2, 0) is 11.8 Å². The first-order valence-electron chi connectivity index (χ1n) is 5.91. The fourth-order valence-electron chi connectivity index (χ4n) is 1.71. The second-order valence-electron chi connectivity index (χ2n) is 4.30. The molecule has 17 heavy (non-hydrogen) atoms. The minimum atomic E-state index is -0.134. The van der Waals surface area contributed by atoms with Crippen LogP contribution < -0.4 is 11.1 Å². The van der Waals surface area contributed by atoms with Gasteiger partial charge in [-0.05, 0) is 19.4 Å². The number of nitrogens with two attached hydrogens (primary N) is 1. The Morgan fingerprint density at radius 2 is 2.35 bits per heavy atom. The van der Waals surface area contributed by atoms with Crippen molar-refractivity contribution < 1.29 is 4.79 Å². The van der Waals surface area contributed by atoms with E-state index in [1.165, 1.54) is 0 Å². The SMILES string of the molecule is CCC(CN)CC(=O)NC(C)c1nncn1C. The quantitative estimate of drug-likeness (QED) is 0.751. The zero-order valence-electron chi connectivity index (χ0n) is 10.7. The van der Waals surface area contributed by atoms with Crippen molar-refractivity contribution in [2.75, 3.05) is 6.54 Å². The van der Waals surface area contributed by atoms with E-state index in [-0.39, 0.29) is 17.9 Å². The molecular weight excluding hydrogens is 218 g/mol. The zero-order chi connectivity index (χ0) is 12.8. The summed E-state index contributed by atoms with van der Waals surface area (Å²) in [5.74, 6) is 1.01. The topological polar surface area (TPSA) is 85.8 Å². The van der Waals surface area contributed by atoms with Crippen molar-refractivity contribution in [3.8, 4) is 0 Å². The molecule has 1 aromatic rings. The van der Waals surface area contributed by atoms with Gasteiger partial charge in [-0.15, -0.1) is 10.2 Å². The molecule has 1 rings (SSSR count). The highest BCUT2D eigenvalue weighted by atomic mass is 16.1. The molecule has 0 aromatic carbocycles. The first-order chi connectivity index (χ1) is 8.08. The summed E-state index contributed by atoms with van der Waals surface area (Å²) in [6.07, 6.45) is 3.00. The van der Waals surface area contributed by atoms with Gasteiger partial charge in [-0.2, -0.15) is 0 Å². The van der Waals surface area contributed by atoms with Crippen LogP contribution in [0.25, 0.3) is 0 Å². The van der Waals surface area contributed by atoms with Crippen LogP contribution in [-0.4, -0.2) is 27.2 Å². The summed E-state index contributed by atoms with van der Waals surface area (Å²) in [4.78, 5) is 11.8. The highest BCUT2D eigenvalue weighted by Gasteiger charge is 2.16. The Morgan fingerprint density at radius 3 is 2.82 bits per heavy atom. The monoisotopic (exact) mass is 239 g/mol. The van der Waals surface area contributed by atoms with Crippen molar-refractivity contribution in [3.05, 3.63) is 12.2 Å². The van der Waals surface area contributed by atoms with Gasteiger partial charge in [0.25, 0.3) is 0 Å². The number of amides is 1. The van der Waals surface area contributed by atoms with Crippen LogP contribution in [0.3, 0.4) is 0 Å². The highest BCUT2D eigenvalue weighted by molar-refractivity contribution is 5.76. The number of carbonyl (C=O) groups is 1. The van der Waals surface area contributed by atoms with Gasteiger partial charge in [-0.3, -0.25) is 4.79 Å².